The van der Waals surface area contributed by atoms with E-state index in [1.807, 2.05) is 0 Å². The van der Waals surface area contributed by atoms with E-state index in [0.29, 0.717) is 29.3 Å². The largest absolute Gasteiger partial charge is 0.394 e. The highest BCUT2D eigenvalue weighted by molar-refractivity contribution is 5.99. The number of fused-ring (bicyclic) bond motifs is 1. The first kappa shape index (κ1) is 82.1. The van der Waals surface area contributed by atoms with Gasteiger partial charge in [0.15, 0.2) is 12.5 Å². The van der Waals surface area contributed by atoms with Gasteiger partial charge in [-0.2, -0.15) is 0 Å². The zero-order valence-electron chi connectivity index (χ0n) is 56.8. The standard InChI is InChI=1S/C62H97N15O23/c1-9-26(2)44(75-55(92)36(16-12-18-63)68-30(6)82)58(95)76-46(29(5)81)61(97)77-19-13-17-39(77)57(94)71-38(21-42(85)74-60-47(69-31(7)83)51(89)52(41(25-79)98-60)100-62-48(70-32(8)84)50(88)49(87)40(24-78)99-62)54(91)66-23-43(86)73-45(28(4)80)59(96)72-37(56(93)67-27(3)53(64)90)20-33-22-65-35-15-11-10-14-34(33)35/h10-11,14-15,22,26-29,36-41,44-52,60,62,65,78-81,87-89H,9,12-13,16-21,23-25,63H2,1-8H3,(H2,64,90)(H,66,91)(H,67,93)(H,68,82)(H,69,83)(H,70,84)(H,71,94)(H,72,96)(H,73,86)(H,74,85)(H,75,92)(H,76,95)/t26-,27-,28+,29+,36-,37-,38-,39-,40+,41+,44-,45-,46-,47+,48+,49+,50+,51+,52+,60+,62-/m0/s1. The van der Waals surface area contributed by atoms with E-state index < -0.39 is 231 Å². The Labute approximate surface area is 574 Å². The number of aromatic nitrogens is 1. The molecule has 3 fully saturated rings. The van der Waals surface area contributed by atoms with Crippen molar-refractivity contribution >= 4 is 87.7 Å². The van der Waals surface area contributed by atoms with Crippen LogP contribution in [0.4, 0.5) is 0 Å². The quantitative estimate of drug-likeness (QED) is 0.0305. The Morgan fingerprint density at radius 3 is 1.89 bits per heavy atom. The van der Waals surface area contributed by atoms with Gasteiger partial charge in [0.1, 0.15) is 97.0 Å². The van der Waals surface area contributed by atoms with E-state index in [2.05, 4.69) is 63.5 Å². The first-order valence-corrected chi connectivity index (χ1v) is 32.8. The maximum atomic E-state index is 14.6. The molecule has 38 heteroatoms. The second kappa shape index (κ2) is 38.3. The van der Waals surface area contributed by atoms with Crippen LogP contribution >= 0.6 is 0 Å². The molecule has 3 aliphatic heterocycles. The number of aliphatic hydroxyl groups excluding tert-OH is 7. The maximum Gasteiger partial charge on any atom is 0.248 e. The highest BCUT2D eigenvalue weighted by Gasteiger charge is 2.52. The Hall–Kier alpha value is -8.57. The van der Waals surface area contributed by atoms with Crippen LogP contribution in [-0.2, 0) is 83.0 Å². The summed E-state index contributed by atoms with van der Waals surface area (Å²) >= 11 is 0. The van der Waals surface area contributed by atoms with Crippen molar-refractivity contribution in [1.29, 1.82) is 0 Å². The van der Waals surface area contributed by atoms with Gasteiger partial charge in [-0.15, -0.1) is 0 Å². The number of likely N-dealkylation sites (tertiary alicyclic amines) is 1. The van der Waals surface area contributed by atoms with Crippen molar-refractivity contribution in [2.24, 2.45) is 17.4 Å². The zero-order chi connectivity index (χ0) is 74.6. The van der Waals surface area contributed by atoms with E-state index in [0.717, 1.165) is 25.7 Å². The van der Waals surface area contributed by atoms with Crippen LogP contribution < -0.4 is 70.0 Å². The average molecular weight is 1420 g/mol. The molecule has 5 rings (SSSR count). The van der Waals surface area contributed by atoms with E-state index in [-0.39, 0.29) is 38.8 Å². The molecule has 100 heavy (non-hydrogen) atoms. The number of amides is 13. The number of benzene rings is 1. The number of ether oxygens (including phenoxy) is 3. The van der Waals surface area contributed by atoms with Crippen molar-refractivity contribution in [3.8, 4) is 0 Å². The van der Waals surface area contributed by atoms with Gasteiger partial charge in [-0.25, -0.2) is 0 Å². The van der Waals surface area contributed by atoms with E-state index in [4.69, 9.17) is 25.7 Å². The normalized spacial score (nSPS) is 25.0. The number of carbonyl (C=O) groups is 13. The molecule has 23 N–H and O–H groups in total. The average Bonchev–Trinajstić information content (AvgIpc) is 0.963. The lowest BCUT2D eigenvalue weighted by Gasteiger charge is -2.48. The summed E-state index contributed by atoms with van der Waals surface area (Å²) in [6.07, 6.45) is -16.5. The third-order valence-electron chi connectivity index (χ3n) is 17.2. The molecule has 3 aliphatic rings. The molecule has 0 spiro atoms. The summed E-state index contributed by atoms with van der Waals surface area (Å²) in [7, 11) is 0. The van der Waals surface area contributed by atoms with Gasteiger partial charge in [-0.05, 0) is 70.5 Å². The highest BCUT2D eigenvalue weighted by atomic mass is 16.7. The minimum absolute atomic E-state index is 0.118. The summed E-state index contributed by atoms with van der Waals surface area (Å²) < 4.78 is 17.6. The Balaban J connectivity index is 1.43. The maximum absolute atomic E-state index is 14.6. The lowest BCUT2D eigenvalue weighted by Crippen LogP contribution is -2.71. The van der Waals surface area contributed by atoms with Crippen molar-refractivity contribution in [2.45, 2.75) is 222 Å². The molecule has 0 unspecified atom stereocenters. The number of rotatable bonds is 35. The lowest BCUT2D eigenvalue weighted by molar-refractivity contribution is -0.315. The van der Waals surface area contributed by atoms with Crippen LogP contribution in [0.2, 0.25) is 0 Å². The van der Waals surface area contributed by atoms with Gasteiger partial charge in [-0.3, -0.25) is 62.3 Å². The number of nitrogens with one attached hydrogen (secondary N) is 12. The number of primary amides is 1. The summed E-state index contributed by atoms with van der Waals surface area (Å²) in [5.41, 5.74) is 12.3. The lowest BCUT2D eigenvalue weighted by atomic mass is 9.94. The van der Waals surface area contributed by atoms with Crippen LogP contribution in [0.15, 0.2) is 30.5 Å². The number of aromatic amines is 1. The van der Waals surface area contributed by atoms with Gasteiger partial charge in [0.25, 0.3) is 0 Å². The molecular weight excluding hydrogens is 1320 g/mol. The Kier molecular flexibility index (Phi) is 31.4. The fourth-order valence-corrected chi connectivity index (χ4v) is 11.6. The minimum Gasteiger partial charge on any atom is -0.394 e. The molecule has 1 aromatic heterocycles. The van der Waals surface area contributed by atoms with E-state index in [1.54, 1.807) is 44.3 Å². The third-order valence-corrected chi connectivity index (χ3v) is 17.2. The first-order valence-electron chi connectivity index (χ1n) is 32.8. The predicted octanol–water partition coefficient (Wildman–Crippen LogP) is -9.30. The van der Waals surface area contributed by atoms with E-state index in [9.17, 15) is 98.1 Å². The summed E-state index contributed by atoms with van der Waals surface area (Å²) in [5.74, 6) is -13.1. The zero-order valence-corrected chi connectivity index (χ0v) is 56.8. The van der Waals surface area contributed by atoms with E-state index in [1.165, 1.54) is 20.8 Å². The fraction of sp³-hybridized carbons (Fsp3) is 0.661. The number of nitrogens with zero attached hydrogens (tertiary/aromatic N) is 1. The Morgan fingerprint density at radius 1 is 0.670 bits per heavy atom. The minimum atomic E-state index is -2.06. The van der Waals surface area contributed by atoms with Crippen LogP contribution in [0.5, 0.6) is 0 Å². The van der Waals surface area contributed by atoms with Crippen LogP contribution in [0.1, 0.15) is 99.5 Å². The number of para-hydroxylation sites is 1. The van der Waals surface area contributed by atoms with Gasteiger partial charge in [0.2, 0.25) is 76.8 Å². The molecule has 0 saturated carbocycles. The molecule has 4 heterocycles. The van der Waals surface area contributed by atoms with Crippen molar-refractivity contribution in [3.63, 3.8) is 0 Å². The monoisotopic (exact) mass is 1420 g/mol. The second-order valence-corrected chi connectivity index (χ2v) is 25.1. The Bertz CT molecular complexity index is 3210. The first-order chi connectivity index (χ1) is 47.2. The summed E-state index contributed by atoms with van der Waals surface area (Å²) in [6, 6.07) is -8.61. The van der Waals surface area contributed by atoms with Crippen molar-refractivity contribution in [3.05, 3.63) is 36.0 Å². The molecule has 21 atom stereocenters. The number of hydrogen-bond donors (Lipinski definition) is 21. The topological polar surface area (TPSA) is 595 Å². The summed E-state index contributed by atoms with van der Waals surface area (Å²) in [4.78, 5) is 180. The number of carbonyl (C=O) groups excluding carboxylic acids is 13. The fourth-order valence-electron chi connectivity index (χ4n) is 11.6. The van der Waals surface area contributed by atoms with Crippen LogP contribution in [0.25, 0.3) is 10.9 Å². The van der Waals surface area contributed by atoms with Crippen LogP contribution in [-0.4, -0.2) is 277 Å². The van der Waals surface area contributed by atoms with E-state index >= 15 is 0 Å². The second-order valence-electron chi connectivity index (χ2n) is 25.1. The highest BCUT2D eigenvalue weighted by Crippen LogP contribution is 2.30. The molecule has 0 aliphatic carbocycles. The van der Waals surface area contributed by atoms with Crippen LogP contribution in [0, 0.1) is 5.92 Å². The Morgan fingerprint density at radius 2 is 1.29 bits per heavy atom. The smallest absolute Gasteiger partial charge is 0.248 e. The predicted molar refractivity (Wildman–Crippen MR) is 347 cm³/mol. The summed E-state index contributed by atoms with van der Waals surface area (Å²) in [5, 5.41) is 103. The van der Waals surface area contributed by atoms with Gasteiger partial charge in [0, 0.05) is 50.8 Å². The number of aliphatic hydroxyl groups is 7. The molecular formula is C62H97N15O23. The number of nitrogens with two attached hydrogens (primary N) is 2. The van der Waals surface area contributed by atoms with Crippen molar-refractivity contribution in [1.82, 2.24) is 68.4 Å². The molecule has 1 aromatic carbocycles. The van der Waals surface area contributed by atoms with Gasteiger partial charge in [-0.1, -0.05) is 38.5 Å². The molecule has 0 bridgehead atoms. The van der Waals surface area contributed by atoms with Gasteiger partial charge < -0.3 is 130 Å². The molecule has 0 radical (unpaired) electrons. The molecule has 558 valence electrons. The molecule has 3 saturated heterocycles. The van der Waals surface area contributed by atoms with Gasteiger partial charge >= 0.3 is 0 Å². The molecule has 13 amide bonds. The van der Waals surface area contributed by atoms with Crippen LogP contribution in [0.3, 0.4) is 0 Å². The number of hydrogen-bond acceptors (Lipinski definition) is 24. The van der Waals surface area contributed by atoms with Crippen molar-refractivity contribution in [2.75, 3.05) is 32.8 Å². The SMILES string of the molecule is CC[C@H](C)[C@H](NC(=O)[C@H](CCCN)NC(C)=O)C(=O)N[C@H](C(=O)N1CCC[C@H]1C(=O)N[C@@H](CC(=O)N[C@@H]1O[C@H](CO)[C@@H](O[C@@H]2O[C@H](CO)[C@@H](O)[C@H](O)[C@H]2NC(C)=O)[C@H](O)[C@H]1NC(C)=O)C(=O)NCC(=O)N[C@H](C(=O)N[C@@H](Cc1c[nH]c2ccccc12)C(=O)N[C@@H](C)C(N)=O)[C@@H](C)O)[C@@H](C)O. The molecule has 38 nitrogen and oxygen atoms in total. The number of H-pyrrole nitrogens is 1. The third kappa shape index (κ3) is 22.5. The summed E-state index contributed by atoms with van der Waals surface area (Å²) in [6.45, 7) is 7.26. The molecule has 2 aromatic rings. The van der Waals surface area contributed by atoms with Gasteiger partial charge in [0.05, 0.1) is 38.4 Å². The van der Waals surface area contributed by atoms with Crippen molar-refractivity contribution < 1.29 is 112 Å².